The van der Waals surface area contributed by atoms with Crippen LogP contribution in [-0.4, -0.2) is 5.97 Å². The van der Waals surface area contributed by atoms with E-state index < -0.39 is 5.97 Å². The third kappa shape index (κ3) is 4.96. The first kappa shape index (κ1) is 20.5. The zero-order valence-electron chi connectivity index (χ0n) is 16.7. The predicted molar refractivity (Wildman–Crippen MR) is 123 cm³/mol. The molecule has 0 unspecified atom stereocenters. The number of ether oxygens (including phenoxy) is 1. The van der Waals surface area contributed by atoms with Crippen LogP contribution in [0.25, 0.3) is 10.8 Å². The molecule has 30 heavy (non-hydrogen) atoms. The molecule has 144 valence electrons. The molecule has 0 saturated carbocycles. The molecule has 0 fully saturated rings. The summed E-state index contributed by atoms with van der Waals surface area (Å²) in [6.07, 6.45) is 4.81. The monoisotopic (exact) mass is 388 g/mol. The molecule has 0 aliphatic heterocycles. The summed E-state index contributed by atoms with van der Waals surface area (Å²) in [6.45, 7) is 9.11. The first-order chi connectivity index (χ1) is 14.6. The lowest BCUT2D eigenvalue weighted by atomic mass is 9.99. The molecule has 0 spiro atoms. The van der Waals surface area contributed by atoms with Crippen molar-refractivity contribution in [1.29, 1.82) is 0 Å². The van der Waals surface area contributed by atoms with Gasteiger partial charge in [-0.2, -0.15) is 0 Å². The Morgan fingerprint density at radius 2 is 1.47 bits per heavy atom. The van der Waals surface area contributed by atoms with E-state index in [0.29, 0.717) is 5.75 Å². The lowest BCUT2D eigenvalue weighted by Gasteiger charge is -2.04. The van der Waals surface area contributed by atoms with Crippen molar-refractivity contribution in [2.75, 3.05) is 0 Å². The van der Waals surface area contributed by atoms with Crippen molar-refractivity contribution in [3.63, 3.8) is 0 Å². The molecule has 2 heteroatoms. The summed E-state index contributed by atoms with van der Waals surface area (Å²) in [7, 11) is 0. The van der Waals surface area contributed by atoms with Gasteiger partial charge >= 0.3 is 5.97 Å². The third-order valence-electron chi connectivity index (χ3n) is 4.38. The maximum absolute atomic E-state index is 11.3. The van der Waals surface area contributed by atoms with Gasteiger partial charge in [-0.1, -0.05) is 73.3 Å². The lowest BCUT2D eigenvalue weighted by molar-refractivity contribution is -0.128. The molecule has 0 saturated heterocycles. The van der Waals surface area contributed by atoms with E-state index in [1.165, 1.54) is 0 Å². The standard InChI is InChI=1S/C28H20O2/c1-4-21(5-2)11-15-23-17-18-24(27-10-8-7-9-26(23)27)16-12-22-13-19-25(20-14-22)30-28(29)6-3/h4-10,13-14,17-20H,1,3H2,2H3/b21-5+. The van der Waals surface area contributed by atoms with E-state index in [1.54, 1.807) is 18.2 Å². The van der Waals surface area contributed by atoms with Gasteiger partial charge in [-0.05, 0) is 54.1 Å². The largest absolute Gasteiger partial charge is 0.423 e. The highest BCUT2D eigenvalue weighted by atomic mass is 16.5. The molecule has 0 heterocycles. The smallest absolute Gasteiger partial charge is 0.335 e. The van der Waals surface area contributed by atoms with Crippen molar-refractivity contribution in [3.05, 3.63) is 114 Å². The Morgan fingerprint density at radius 3 is 2.03 bits per heavy atom. The van der Waals surface area contributed by atoms with Crippen LogP contribution >= 0.6 is 0 Å². The molecule has 0 bridgehead atoms. The zero-order valence-corrected chi connectivity index (χ0v) is 16.7. The zero-order chi connectivity index (χ0) is 21.3. The topological polar surface area (TPSA) is 26.3 Å². The highest BCUT2D eigenvalue weighted by Gasteiger charge is 2.03. The van der Waals surface area contributed by atoms with Gasteiger partial charge in [-0.3, -0.25) is 0 Å². The van der Waals surface area contributed by atoms with E-state index in [-0.39, 0.29) is 0 Å². The molecule has 0 amide bonds. The summed E-state index contributed by atoms with van der Waals surface area (Å²) in [6, 6.07) is 19.1. The van der Waals surface area contributed by atoms with Gasteiger partial charge in [0.1, 0.15) is 5.75 Å². The number of benzene rings is 3. The number of carbonyl (C=O) groups excluding carboxylic acids is 1. The SMILES string of the molecule is C=CC(=O)Oc1ccc(C#Cc2ccc(C#C/C(C=C)=C/C)c3ccccc23)cc1. The molecular weight excluding hydrogens is 368 g/mol. The highest BCUT2D eigenvalue weighted by molar-refractivity contribution is 5.93. The quantitative estimate of drug-likeness (QED) is 0.186. The van der Waals surface area contributed by atoms with Gasteiger partial charge in [-0.25, -0.2) is 4.79 Å². The minimum absolute atomic E-state index is 0.457. The first-order valence-corrected chi connectivity index (χ1v) is 9.43. The molecule has 0 atom stereocenters. The minimum Gasteiger partial charge on any atom is -0.423 e. The van der Waals surface area contributed by atoms with Gasteiger partial charge < -0.3 is 4.74 Å². The lowest BCUT2D eigenvalue weighted by Crippen LogP contribution is -2.02. The second kappa shape index (κ2) is 9.78. The van der Waals surface area contributed by atoms with Gasteiger partial charge in [0.15, 0.2) is 0 Å². The predicted octanol–water partition coefficient (Wildman–Crippen LogP) is 5.81. The Balaban J connectivity index is 1.94. The summed E-state index contributed by atoms with van der Waals surface area (Å²) < 4.78 is 5.08. The minimum atomic E-state index is -0.488. The van der Waals surface area contributed by atoms with Crippen LogP contribution in [-0.2, 0) is 4.79 Å². The second-order valence-electron chi connectivity index (χ2n) is 6.30. The molecule has 2 nitrogen and oxygen atoms in total. The van der Waals surface area contributed by atoms with Crippen molar-refractivity contribution in [3.8, 4) is 29.4 Å². The van der Waals surface area contributed by atoms with Crippen LogP contribution in [0.1, 0.15) is 23.6 Å². The van der Waals surface area contributed by atoms with E-state index in [2.05, 4.69) is 42.9 Å². The third-order valence-corrected chi connectivity index (χ3v) is 4.38. The van der Waals surface area contributed by atoms with Crippen molar-refractivity contribution in [2.45, 2.75) is 6.92 Å². The Kier molecular flexibility index (Phi) is 6.67. The van der Waals surface area contributed by atoms with E-state index >= 15 is 0 Å². The van der Waals surface area contributed by atoms with Crippen LogP contribution in [0.5, 0.6) is 5.75 Å². The maximum Gasteiger partial charge on any atom is 0.335 e. The van der Waals surface area contributed by atoms with Crippen LogP contribution < -0.4 is 4.74 Å². The fourth-order valence-electron chi connectivity index (χ4n) is 2.80. The van der Waals surface area contributed by atoms with Crippen molar-refractivity contribution in [1.82, 2.24) is 0 Å². The van der Waals surface area contributed by atoms with Crippen molar-refractivity contribution < 1.29 is 9.53 Å². The molecule has 0 aliphatic rings. The average molecular weight is 388 g/mol. The van der Waals surface area contributed by atoms with Crippen LogP contribution in [0.15, 0.2) is 97.6 Å². The number of allylic oxidation sites excluding steroid dienone is 3. The Morgan fingerprint density at radius 1 is 0.833 bits per heavy atom. The molecule has 0 aromatic heterocycles. The fourth-order valence-corrected chi connectivity index (χ4v) is 2.80. The maximum atomic E-state index is 11.3. The summed E-state index contributed by atoms with van der Waals surface area (Å²) in [5.41, 5.74) is 3.59. The van der Waals surface area contributed by atoms with Crippen LogP contribution in [0.4, 0.5) is 0 Å². The Bertz CT molecular complexity index is 1270. The average Bonchev–Trinajstić information content (AvgIpc) is 2.79. The molecule has 0 aliphatic carbocycles. The summed E-state index contributed by atoms with van der Waals surface area (Å²) in [5, 5.41) is 2.11. The molecular formula is C28H20O2. The number of carbonyl (C=O) groups is 1. The van der Waals surface area contributed by atoms with Gasteiger partial charge in [0.2, 0.25) is 0 Å². The molecule has 0 N–H and O–H groups in total. The van der Waals surface area contributed by atoms with Crippen molar-refractivity contribution in [2.24, 2.45) is 0 Å². The van der Waals surface area contributed by atoms with Gasteiger partial charge in [0.05, 0.1) is 0 Å². The first-order valence-electron chi connectivity index (χ1n) is 9.43. The van der Waals surface area contributed by atoms with Crippen LogP contribution in [0.3, 0.4) is 0 Å². The number of fused-ring (bicyclic) bond motifs is 1. The number of hydrogen-bond donors (Lipinski definition) is 0. The number of esters is 1. The number of rotatable bonds is 3. The normalized spacial score (nSPS) is 10.2. The molecule has 3 rings (SSSR count). The van der Waals surface area contributed by atoms with Crippen LogP contribution in [0.2, 0.25) is 0 Å². The number of hydrogen-bond acceptors (Lipinski definition) is 2. The molecule has 3 aromatic carbocycles. The Labute approximate surface area is 177 Å². The van der Waals surface area contributed by atoms with Gasteiger partial charge in [0.25, 0.3) is 0 Å². The van der Waals surface area contributed by atoms with Gasteiger partial charge in [0, 0.05) is 28.3 Å². The van der Waals surface area contributed by atoms with E-state index in [9.17, 15) is 4.79 Å². The van der Waals surface area contributed by atoms with E-state index in [1.807, 2.05) is 55.5 Å². The van der Waals surface area contributed by atoms with Gasteiger partial charge in [-0.15, -0.1) is 0 Å². The van der Waals surface area contributed by atoms with E-state index in [4.69, 9.17) is 4.74 Å². The fraction of sp³-hybridized carbons (Fsp3) is 0.0357. The molecule has 3 aromatic rings. The van der Waals surface area contributed by atoms with Crippen molar-refractivity contribution >= 4 is 16.7 Å². The Hall–Kier alpha value is -4.27. The molecule has 0 radical (unpaired) electrons. The van der Waals surface area contributed by atoms with E-state index in [0.717, 1.165) is 39.1 Å². The summed E-state index contributed by atoms with van der Waals surface area (Å²) in [5.74, 6) is 12.7. The summed E-state index contributed by atoms with van der Waals surface area (Å²) in [4.78, 5) is 11.3. The second-order valence-corrected chi connectivity index (χ2v) is 6.30. The summed E-state index contributed by atoms with van der Waals surface area (Å²) >= 11 is 0. The highest BCUT2D eigenvalue weighted by Crippen LogP contribution is 2.22. The van der Waals surface area contributed by atoms with Crippen LogP contribution in [0, 0.1) is 23.7 Å².